The van der Waals surface area contributed by atoms with Gasteiger partial charge >= 0.3 is 0 Å². The number of nitro groups is 1. The van der Waals surface area contributed by atoms with E-state index in [0.717, 1.165) is 17.6 Å². The molecule has 1 aromatic carbocycles. The van der Waals surface area contributed by atoms with Gasteiger partial charge in [-0.3, -0.25) is 10.1 Å². The van der Waals surface area contributed by atoms with Crippen LogP contribution in [0.5, 0.6) is 0 Å². The summed E-state index contributed by atoms with van der Waals surface area (Å²) in [6, 6.07) is 4.09. The molecule has 0 unspecified atom stereocenters. The SMILES string of the molecule is CS(=O)(=O)c1nc2cc([N+](=O)[O-])ccc2s1. The number of hydrogen-bond acceptors (Lipinski definition) is 6. The van der Waals surface area contributed by atoms with Crippen LogP contribution in [0.1, 0.15) is 0 Å². The fourth-order valence-electron chi connectivity index (χ4n) is 1.17. The molecule has 1 heterocycles. The van der Waals surface area contributed by atoms with Gasteiger partial charge in [0.1, 0.15) is 0 Å². The van der Waals surface area contributed by atoms with E-state index < -0.39 is 14.8 Å². The highest BCUT2D eigenvalue weighted by atomic mass is 32.2. The predicted molar refractivity (Wildman–Crippen MR) is 59.4 cm³/mol. The first kappa shape index (κ1) is 11.0. The van der Waals surface area contributed by atoms with Crippen LogP contribution in [0.25, 0.3) is 10.2 Å². The lowest BCUT2D eigenvalue weighted by atomic mass is 10.3. The summed E-state index contributed by atoms with van der Waals surface area (Å²) in [4.78, 5) is 13.8. The molecule has 1 aromatic heterocycles. The summed E-state index contributed by atoms with van der Waals surface area (Å²) in [6.07, 6.45) is 1.05. The van der Waals surface area contributed by atoms with Crippen LogP contribution in [0, 0.1) is 10.1 Å². The lowest BCUT2D eigenvalue weighted by molar-refractivity contribution is -0.384. The molecule has 6 nitrogen and oxygen atoms in total. The zero-order chi connectivity index (χ0) is 11.9. The number of thiazole rings is 1. The van der Waals surface area contributed by atoms with Crippen LogP contribution in [0.4, 0.5) is 5.69 Å². The van der Waals surface area contributed by atoms with Gasteiger partial charge in [-0.25, -0.2) is 13.4 Å². The Balaban J connectivity index is 2.68. The number of sulfone groups is 1. The van der Waals surface area contributed by atoms with Crippen molar-refractivity contribution in [1.82, 2.24) is 4.98 Å². The molecule has 0 aliphatic heterocycles. The van der Waals surface area contributed by atoms with Gasteiger partial charge in [0.05, 0.1) is 15.1 Å². The first-order valence-corrected chi connectivity index (χ1v) is 6.84. The first-order valence-electron chi connectivity index (χ1n) is 4.13. The van der Waals surface area contributed by atoms with E-state index in [2.05, 4.69) is 4.98 Å². The normalized spacial score (nSPS) is 11.8. The summed E-state index contributed by atoms with van der Waals surface area (Å²) in [5.41, 5.74) is 0.234. The summed E-state index contributed by atoms with van der Waals surface area (Å²) in [6.45, 7) is 0. The molecule has 0 spiro atoms. The molecule has 0 saturated heterocycles. The minimum absolute atomic E-state index is 0.0250. The Morgan fingerprint density at radius 3 is 2.69 bits per heavy atom. The van der Waals surface area contributed by atoms with Crippen LogP contribution < -0.4 is 0 Å². The molecule has 0 atom stereocenters. The quantitative estimate of drug-likeness (QED) is 0.603. The molecule has 84 valence electrons. The van der Waals surface area contributed by atoms with Crippen molar-refractivity contribution < 1.29 is 13.3 Å². The van der Waals surface area contributed by atoms with Crippen molar-refractivity contribution in [3.8, 4) is 0 Å². The Morgan fingerprint density at radius 1 is 1.44 bits per heavy atom. The third-order valence-corrected chi connectivity index (χ3v) is 4.59. The monoisotopic (exact) mass is 258 g/mol. The molecule has 16 heavy (non-hydrogen) atoms. The summed E-state index contributed by atoms with van der Waals surface area (Å²) >= 11 is 1.00. The average molecular weight is 258 g/mol. The maximum Gasteiger partial charge on any atom is 0.271 e. The van der Waals surface area contributed by atoms with Crippen molar-refractivity contribution in [2.45, 2.75) is 4.34 Å². The molecule has 0 amide bonds. The molecule has 0 radical (unpaired) electrons. The highest BCUT2D eigenvalue weighted by Crippen LogP contribution is 2.28. The molecule has 0 fully saturated rings. The largest absolute Gasteiger partial charge is 0.271 e. The molecule has 0 saturated carbocycles. The van der Waals surface area contributed by atoms with Gasteiger partial charge in [0.25, 0.3) is 5.69 Å². The number of fused-ring (bicyclic) bond motifs is 1. The summed E-state index contributed by atoms with van der Waals surface area (Å²) in [5.74, 6) is 0. The molecule has 8 heteroatoms. The third-order valence-electron chi connectivity index (χ3n) is 1.88. The van der Waals surface area contributed by atoms with E-state index in [0.29, 0.717) is 10.2 Å². The fourth-order valence-corrected chi connectivity index (χ4v) is 2.98. The summed E-state index contributed by atoms with van der Waals surface area (Å²) < 4.78 is 23.1. The zero-order valence-electron chi connectivity index (χ0n) is 8.08. The van der Waals surface area contributed by atoms with Gasteiger partial charge in [0.15, 0.2) is 0 Å². The Morgan fingerprint density at radius 2 is 2.12 bits per heavy atom. The second kappa shape index (κ2) is 3.49. The molecule has 0 bridgehead atoms. The minimum Gasteiger partial charge on any atom is -0.258 e. The second-order valence-electron chi connectivity index (χ2n) is 3.16. The van der Waals surface area contributed by atoms with Gasteiger partial charge in [-0.05, 0) is 6.07 Å². The molecule has 0 aliphatic carbocycles. The topological polar surface area (TPSA) is 90.2 Å². The lowest BCUT2D eigenvalue weighted by Gasteiger charge is -1.89. The van der Waals surface area contributed by atoms with E-state index in [4.69, 9.17) is 0 Å². The molecular weight excluding hydrogens is 252 g/mol. The van der Waals surface area contributed by atoms with Gasteiger partial charge < -0.3 is 0 Å². The van der Waals surface area contributed by atoms with Gasteiger partial charge in [-0.1, -0.05) is 0 Å². The van der Waals surface area contributed by atoms with Crippen molar-refractivity contribution >= 4 is 37.1 Å². The van der Waals surface area contributed by atoms with Crippen molar-refractivity contribution in [3.05, 3.63) is 28.3 Å². The van der Waals surface area contributed by atoms with Crippen LogP contribution in [0.15, 0.2) is 22.5 Å². The van der Waals surface area contributed by atoms with Crippen LogP contribution in [0.3, 0.4) is 0 Å². The molecule has 2 aromatic rings. The fraction of sp³-hybridized carbons (Fsp3) is 0.125. The number of rotatable bonds is 2. The maximum absolute atomic E-state index is 11.2. The maximum atomic E-state index is 11.2. The Kier molecular flexibility index (Phi) is 2.39. The van der Waals surface area contributed by atoms with Crippen molar-refractivity contribution in [2.24, 2.45) is 0 Å². The second-order valence-corrected chi connectivity index (χ2v) is 6.38. The molecule has 2 rings (SSSR count). The Labute approximate surface area is 94.6 Å². The van der Waals surface area contributed by atoms with Crippen LogP contribution in [-0.2, 0) is 9.84 Å². The number of nitrogens with zero attached hydrogens (tertiary/aromatic N) is 2. The lowest BCUT2D eigenvalue weighted by Crippen LogP contribution is -1.94. The minimum atomic E-state index is -3.36. The number of hydrogen-bond donors (Lipinski definition) is 0. The van der Waals surface area contributed by atoms with E-state index >= 15 is 0 Å². The predicted octanol–water partition coefficient (Wildman–Crippen LogP) is 1.61. The number of aromatic nitrogens is 1. The highest BCUT2D eigenvalue weighted by molar-refractivity contribution is 7.92. The van der Waals surface area contributed by atoms with Gasteiger partial charge in [0, 0.05) is 18.4 Å². The summed E-state index contributed by atoms with van der Waals surface area (Å²) in [5, 5.41) is 10.5. The standard InChI is InChI=1S/C8H6N2O4S2/c1-16(13,14)8-9-6-4-5(10(11)12)2-3-7(6)15-8/h2-4H,1H3. The number of benzene rings is 1. The summed E-state index contributed by atoms with van der Waals surface area (Å²) in [7, 11) is -3.36. The van der Waals surface area contributed by atoms with Crippen LogP contribution in [-0.4, -0.2) is 24.6 Å². The Hall–Kier alpha value is -1.54. The molecule has 0 N–H and O–H groups in total. The average Bonchev–Trinajstić information content (AvgIpc) is 2.58. The van der Waals surface area contributed by atoms with Crippen LogP contribution >= 0.6 is 11.3 Å². The van der Waals surface area contributed by atoms with Gasteiger partial charge in [-0.15, -0.1) is 11.3 Å². The van der Waals surface area contributed by atoms with Crippen molar-refractivity contribution in [2.75, 3.05) is 6.26 Å². The first-order chi connectivity index (χ1) is 7.38. The van der Waals surface area contributed by atoms with Crippen molar-refractivity contribution in [3.63, 3.8) is 0 Å². The van der Waals surface area contributed by atoms with Gasteiger partial charge in [-0.2, -0.15) is 0 Å². The Bertz CT molecular complexity index is 674. The third kappa shape index (κ3) is 1.89. The number of non-ortho nitro benzene ring substituents is 1. The van der Waals surface area contributed by atoms with E-state index in [-0.39, 0.29) is 10.0 Å². The number of nitro benzene ring substituents is 1. The van der Waals surface area contributed by atoms with Crippen molar-refractivity contribution in [1.29, 1.82) is 0 Å². The van der Waals surface area contributed by atoms with Crippen LogP contribution in [0.2, 0.25) is 0 Å². The van der Waals surface area contributed by atoms with E-state index in [1.54, 1.807) is 0 Å². The van der Waals surface area contributed by atoms with E-state index in [1.807, 2.05) is 0 Å². The smallest absolute Gasteiger partial charge is 0.258 e. The van der Waals surface area contributed by atoms with Gasteiger partial charge in [0.2, 0.25) is 14.2 Å². The molecule has 0 aliphatic rings. The van der Waals surface area contributed by atoms with E-state index in [9.17, 15) is 18.5 Å². The highest BCUT2D eigenvalue weighted by Gasteiger charge is 2.15. The molecular formula is C8H6N2O4S2. The zero-order valence-corrected chi connectivity index (χ0v) is 9.71. The van der Waals surface area contributed by atoms with E-state index in [1.165, 1.54) is 18.2 Å².